The van der Waals surface area contributed by atoms with Crippen molar-refractivity contribution in [1.82, 2.24) is 4.98 Å². The molecule has 2 aromatic rings. The van der Waals surface area contributed by atoms with Crippen LogP contribution in [-0.2, 0) is 4.79 Å². The average Bonchev–Trinajstić information content (AvgIpc) is 3.31. The average molecular weight is 434 g/mol. The van der Waals surface area contributed by atoms with Crippen molar-refractivity contribution in [1.29, 1.82) is 0 Å². The van der Waals surface area contributed by atoms with Gasteiger partial charge in [0.25, 0.3) is 0 Å². The van der Waals surface area contributed by atoms with Gasteiger partial charge in [-0.1, -0.05) is 31.4 Å². The number of fused-ring (bicyclic) bond motifs is 1. The minimum atomic E-state index is -1.06. The smallest absolute Gasteiger partial charge is 0.303 e. The van der Waals surface area contributed by atoms with Crippen molar-refractivity contribution < 1.29 is 24.9 Å². The molecule has 1 aromatic heterocycles. The van der Waals surface area contributed by atoms with E-state index in [-0.39, 0.29) is 24.2 Å². The standard InChI is InChI=1S/C23H31NO5S/c25-18-13-11-15(16(18)7-3-1-2-4-10-21(27)28)12-14-19(26)22(29)23-24-17-8-5-6-9-20(17)30-23/h5-6,8-9,15-16,18-19,25-26H,1-4,7,10-14H2,(H,27,28)/t15-,16-,18+,19?/m1/s1. The number of carbonyl (C=O) groups excluding carboxylic acids is 1. The van der Waals surface area contributed by atoms with Gasteiger partial charge in [-0.15, -0.1) is 11.3 Å². The summed E-state index contributed by atoms with van der Waals surface area (Å²) in [5, 5.41) is 29.8. The lowest BCUT2D eigenvalue weighted by Gasteiger charge is -2.23. The fourth-order valence-corrected chi connectivity index (χ4v) is 5.50. The Bertz CT molecular complexity index is 818. The zero-order valence-corrected chi connectivity index (χ0v) is 18.0. The molecule has 0 saturated heterocycles. The van der Waals surface area contributed by atoms with Crippen LogP contribution in [0.2, 0.25) is 0 Å². The van der Waals surface area contributed by atoms with Gasteiger partial charge < -0.3 is 15.3 Å². The van der Waals surface area contributed by atoms with Crippen molar-refractivity contribution >= 4 is 33.3 Å². The normalized spacial score (nSPS) is 22.4. The van der Waals surface area contributed by atoms with Gasteiger partial charge >= 0.3 is 5.97 Å². The maximum atomic E-state index is 12.6. The molecule has 0 aliphatic heterocycles. The lowest BCUT2D eigenvalue weighted by Crippen LogP contribution is -2.24. The third kappa shape index (κ3) is 6.09. The lowest BCUT2D eigenvalue weighted by atomic mass is 9.85. The van der Waals surface area contributed by atoms with Crippen LogP contribution >= 0.6 is 11.3 Å². The molecule has 6 nitrogen and oxygen atoms in total. The summed E-state index contributed by atoms with van der Waals surface area (Å²) in [5.41, 5.74) is 0.778. The van der Waals surface area contributed by atoms with E-state index in [1.54, 1.807) is 0 Å². The minimum Gasteiger partial charge on any atom is -0.481 e. The number of aliphatic hydroxyl groups excluding tert-OH is 2. The first kappa shape index (κ1) is 22.8. The number of nitrogens with zero attached hydrogens (tertiary/aromatic N) is 1. The summed E-state index contributed by atoms with van der Waals surface area (Å²) in [6.07, 6.45) is 6.12. The Balaban J connectivity index is 1.44. The molecule has 1 fully saturated rings. The van der Waals surface area contributed by atoms with Crippen molar-refractivity contribution in [2.24, 2.45) is 11.8 Å². The summed E-state index contributed by atoms with van der Waals surface area (Å²) in [4.78, 5) is 27.5. The van der Waals surface area contributed by atoms with Crippen LogP contribution in [0.5, 0.6) is 0 Å². The molecule has 0 radical (unpaired) electrons. The predicted molar refractivity (Wildman–Crippen MR) is 117 cm³/mol. The van der Waals surface area contributed by atoms with Crippen LogP contribution in [0.1, 0.15) is 74.0 Å². The number of hydrogen-bond acceptors (Lipinski definition) is 6. The van der Waals surface area contributed by atoms with Gasteiger partial charge in [0.05, 0.1) is 16.3 Å². The third-order valence-electron chi connectivity index (χ3n) is 6.23. The summed E-state index contributed by atoms with van der Waals surface area (Å²) < 4.78 is 0.940. The number of rotatable bonds is 12. The summed E-state index contributed by atoms with van der Waals surface area (Å²) in [6, 6.07) is 7.57. The fourth-order valence-electron chi connectivity index (χ4n) is 4.55. The highest BCUT2D eigenvalue weighted by molar-refractivity contribution is 7.20. The molecule has 1 aromatic carbocycles. The molecular formula is C23H31NO5S. The Morgan fingerprint density at radius 1 is 1.10 bits per heavy atom. The van der Waals surface area contributed by atoms with Gasteiger partial charge in [-0.2, -0.15) is 0 Å². The molecule has 164 valence electrons. The van der Waals surface area contributed by atoms with Crippen molar-refractivity contribution in [3.05, 3.63) is 29.3 Å². The summed E-state index contributed by atoms with van der Waals surface area (Å²) >= 11 is 1.31. The lowest BCUT2D eigenvalue weighted by molar-refractivity contribution is -0.137. The van der Waals surface area contributed by atoms with E-state index in [9.17, 15) is 19.8 Å². The molecule has 1 saturated carbocycles. The number of unbranched alkanes of at least 4 members (excludes halogenated alkanes) is 3. The number of Topliss-reactive ketones (excluding diaryl/α,β-unsaturated/α-hetero) is 1. The van der Waals surface area contributed by atoms with Crippen LogP contribution in [0.15, 0.2) is 24.3 Å². The second kappa shape index (κ2) is 11.0. The van der Waals surface area contributed by atoms with Crippen LogP contribution in [0.25, 0.3) is 10.2 Å². The Kier molecular flexibility index (Phi) is 8.36. The Morgan fingerprint density at radius 2 is 1.87 bits per heavy atom. The van der Waals surface area contributed by atoms with Gasteiger partial charge in [0.15, 0.2) is 5.01 Å². The van der Waals surface area contributed by atoms with Crippen LogP contribution in [0.4, 0.5) is 0 Å². The molecule has 0 amide bonds. The molecule has 1 heterocycles. The number of benzene rings is 1. The van der Waals surface area contributed by atoms with Gasteiger partial charge in [-0.25, -0.2) is 4.98 Å². The van der Waals surface area contributed by atoms with E-state index in [0.717, 1.165) is 55.2 Å². The molecule has 7 heteroatoms. The Morgan fingerprint density at radius 3 is 2.63 bits per heavy atom. The van der Waals surface area contributed by atoms with E-state index < -0.39 is 12.1 Å². The highest BCUT2D eigenvalue weighted by Gasteiger charge is 2.35. The first-order chi connectivity index (χ1) is 14.5. The van der Waals surface area contributed by atoms with Crippen molar-refractivity contribution in [3.63, 3.8) is 0 Å². The van der Waals surface area contributed by atoms with E-state index >= 15 is 0 Å². The van der Waals surface area contributed by atoms with Crippen molar-refractivity contribution in [2.45, 2.75) is 76.4 Å². The van der Waals surface area contributed by atoms with Gasteiger partial charge in [-0.05, 0) is 62.5 Å². The summed E-state index contributed by atoms with van der Waals surface area (Å²) in [5.74, 6) is -0.545. The molecule has 0 spiro atoms. The molecule has 30 heavy (non-hydrogen) atoms. The quantitative estimate of drug-likeness (QED) is 0.337. The number of carbonyl (C=O) groups is 2. The molecule has 1 aliphatic carbocycles. The number of aliphatic carboxylic acids is 1. The monoisotopic (exact) mass is 433 g/mol. The number of hydrogen-bond donors (Lipinski definition) is 3. The molecule has 4 atom stereocenters. The Hall–Kier alpha value is -1.83. The number of aliphatic hydroxyl groups is 2. The van der Waals surface area contributed by atoms with E-state index in [2.05, 4.69) is 4.98 Å². The van der Waals surface area contributed by atoms with Gasteiger partial charge in [0, 0.05) is 6.42 Å². The van der Waals surface area contributed by atoms with Crippen LogP contribution in [0.3, 0.4) is 0 Å². The third-order valence-corrected chi connectivity index (χ3v) is 7.28. The van der Waals surface area contributed by atoms with Crippen LogP contribution in [-0.4, -0.2) is 44.3 Å². The number of ketones is 1. The van der Waals surface area contributed by atoms with E-state index in [1.807, 2.05) is 24.3 Å². The number of aromatic nitrogens is 1. The maximum absolute atomic E-state index is 12.6. The Labute approximate surface area is 181 Å². The second-order valence-electron chi connectivity index (χ2n) is 8.36. The highest BCUT2D eigenvalue weighted by atomic mass is 32.1. The number of carboxylic acids is 1. The minimum absolute atomic E-state index is 0.203. The molecular weight excluding hydrogens is 402 g/mol. The van der Waals surface area contributed by atoms with Crippen LogP contribution < -0.4 is 0 Å². The van der Waals surface area contributed by atoms with Gasteiger partial charge in [0.2, 0.25) is 5.78 Å². The molecule has 1 aliphatic rings. The molecule has 3 rings (SSSR count). The number of carboxylic acid groups (broad SMARTS) is 1. The molecule has 3 N–H and O–H groups in total. The maximum Gasteiger partial charge on any atom is 0.303 e. The van der Waals surface area contributed by atoms with Gasteiger partial charge in [0.1, 0.15) is 6.10 Å². The van der Waals surface area contributed by atoms with Crippen molar-refractivity contribution in [2.75, 3.05) is 0 Å². The zero-order chi connectivity index (χ0) is 21.5. The topological polar surface area (TPSA) is 108 Å². The first-order valence-corrected chi connectivity index (χ1v) is 11.7. The largest absolute Gasteiger partial charge is 0.481 e. The summed E-state index contributed by atoms with van der Waals surface area (Å²) in [7, 11) is 0. The van der Waals surface area contributed by atoms with Crippen LogP contribution in [0, 0.1) is 11.8 Å². The fraction of sp³-hybridized carbons (Fsp3) is 0.609. The molecule has 1 unspecified atom stereocenters. The number of thiazole rings is 1. The first-order valence-electron chi connectivity index (χ1n) is 10.9. The second-order valence-corrected chi connectivity index (χ2v) is 9.39. The van der Waals surface area contributed by atoms with E-state index in [0.29, 0.717) is 23.8 Å². The summed E-state index contributed by atoms with van der Waals surface area (Å²) in [6.45, 7) is 0. The molecule has 0 bridgehead atoms. The SMILES string of the molecule is O=C(O)CCCCCC[C@@H]1[C@@H](CCC(O)C(=O)c2nc3ccccc3s2)CC[C@@H]1O. The predicted octanol–water partition coefficient (Wildman–Crippen LogP) is 4.43. The highest BCUT2D eigenvalue weighted by Crippen LogP contribution is 2.39. The van der Waals surface area contributed by atoms with Crippen molar-refractivity contribution in [3.8, 4) is 0 Å². The van der Waals surface area contributed by atoms with E-state index in [1.165, 1.54) is 11.3 Å². The van der Waals surface area contributed by atoms with Gasteiger partial charge in [-0.3, -0.25) is 9.59 Å². The van der Waals surface area contributed by atoms with E-state index in [4.69, 9.17) is 5.11 Å². The zero-order valence-electron chi connectivity index (χ0n) is 17.2. The number of para-hydroxylation sites is 1.